The average Bonchev–Trinajstić information content (AvgIpc) is 2.85. The number of carbonyl (C=O) groups excluding carboxylic acids is 2. The van der Waals surface area contributed by atoms with Gasteiger partial charge in [0.2, 0.25) is 11.8 Å². The van der Waals surface area contributed by atoms with Gasteiger partial charge in [0.25, 0.3) is 0 Å². The maximum Gasteiger partial charge on any atom is 0.247 e. The van der Waals surface area contributed by atoms with E-state index in [0.717, 1.165) is 11.8 Å². The first-order valence-electron chi connectivity index (χ1n) is 6.55. The first kappa shape index (κ1) is 14.5. The molecular formula is C14H16ClN3O2. The highest BCUT2D eigenvalue weighted by molar-refractivity contribution is 6.31. The average molecular weight is 294 g/mol. The second-order valence-corrected chi connectivity index (χ2v) is 4.94. The summed E-state index contributed by atoms with van der Waals surface area (Å²) in [5, 5.41) is 8.18. The van der Waals surface area contributed by atoms with E-state index in [1.54, 1.807) is 18.3 Å². The van der Waals surface area contributed by atoms with Crippen molar-refractivity contribution in [2.45, 2.75) is 26.2 Å². The molecule has 0 unspecified atom stereocenters. The molecule has 106 valence electrons. The first-order valence-corrected chi connectivity index (χ1v) is 6.93. The van der Waals surface area contributed by atoms with Crippen LogP contribution in [0, 0.1) is 0 Å². The fourth-order valence-electron chi connectivity index (χ4n) is 1.87. The number of nitrogens with one attached hydrogen (secondary N) is 1. The van der Waals surface area contributed by atoms with Crippen LogP contribution in [0.5, 0.6) is 0 Å². The van der Waals surface area contributed by atoms with Crippen molar-refractivity contribution in [1.82, 2.24) is 15.1 Å². The van der Waals surface area contributed by atoms with Gasteiger partial charge in [-0.1, -0.05) is 18.5 Å². The fourth-order valence-corrected chi connectivity index (χ4v) is 2.04. The molecule has 5 nitrogen and oxygen atoms in total. The summed E-state index contributed by atoms with van der Waals surface area (Å²) < 4.78 is 1.30. The van der Waals surface area contributed by atoms with E-state index >= 15 is 0 Å². The monoisotopic (exact) mass is 293 g/mol. The molecule has 1 N–H and O–H groups in total. The highest BCUT2D eigenvalue weighted by atomic mass is 35.5. The summed E-state index contributed by atoms with van der Waals surface area (Å²) in [4.78, 5) is 23.6. The molecule has 1 aromatic heterocycles. The number of halogens is 1. The Morgan fingerprint density at radius 1 is 1.35 bits per heavy atom. The Balaban J connectivity index is 2.04. The summed E-state index contributed by atoms with van der Waals surface area (Å²) in [6.45, 7) is 2.61. The van der Waals surface area contributed by atoms with E-state index < -0.39 is 0 Å². The minimum atomic E-state index is -0.214. The lowest BCUT2D eigenvalue weighted by molar-refractivity contribution is -0.121. The van der Waals surface area contributed by atoms with Crippen LogP contribution in [-0.4, -0.2) is 28.1 Å². The lowest BCUT2D eigenvalue weighted by Gasteiger charge is -2.04. The highest BCUT2D eigenvalue weighted by Crippen LogP contribution is 2.19. The van der Waals surface area contributed by atoms with Gasteiger partial charge in [0.05, 0.1) is 11.7 Å². The van der Waals surface area contributed by atoms with Crippen molar-refractivity contribution < 1.29 is 9.59 Å². The molecule has 0 aliphatic carbocycles. The first-order chi connectivity index (χ1) is 9.61. The van der Waals surface area contributed by atoms with Crippen LogP contribution in [0.2, 0.25) is 5.02 Å². The van der Waals surface area contributed by atoms with Gasteiger partial charge in [0, 0.05) is 29.8 Å². The van der Waals surface area contributed by atoms with Gasteiger partial charge in [-0.3, -0.25) is 9.59 Å². The van der Waals surface area contributed by atoms with Crippen molar-refractivity contribution in [3.05, 3.63) is 29.4 Å². The number of amides is 1. The molecule has 0 saturated heterocycles. The predicted octanol–water partition coefficient (Wildman–Crippen LogP) is 2.64. The van der Waals surface area contributed by atoms with Crippen LogP contribution in [0.15, 0.2) is 24.4 Å². The molecule has 0 saturated carbocycles. The minimum Gasteiger partial charge on any atom is -0.356 e. The van der Waals surface area contributed by atoms with Gasteiger partial charge in [-0.15, -0.1) is 0 Å². The Labute approximate surface area is 121 Å². The number of benzene rings is 1. The molecule has 0 aliphatic rings. The molecule has 0 radical (unpaired) electrons. The van der Waals surface area contributed by atoms with E-state index in [-0.39, 0.29) is 24.7 Å². The summed E-state index contributed by atoms with van der Waals surface area (Å²) in [6.07, 6.45) is 2.78. The van der Waals surface area contributed by atoms with Gasteiger partial charge in [0.15, 0.2) is 0 Å². The molecule has 0 fully saturated rings. The molecule has 0 aliphatic heterocycles. The van der Waals surface area contributed by atoms with E-state index in [2.05, 4.69) is 10.4 Å². The third-order valence-corrected chi connectivity index (χ3v) is 3.14. The minimum absolute atomic E-state index is 0.116. The van der Waals surface area contributed by atoms with Gasteiger partial charge in [-0.25, -0.2) is 4.68 Å². The second kappa shape index (κ2) is 6.52. The number of hydrogen-bond donors (Lipinski definition) is 1. The topological polar surface area (TPSA) is 64.0 Å². The SMILES string of the molecule is CCCNC(=O)CCC(=O)n1ncc2ccc(Cl)cc21. The van der Waals surface area contributed by atoms with Crippen molar-refractivity contribution in [1.29, 1.82) is 0 Å². The molecule has 0 bridgehead atoms. The molecule has 6 heteroatoms. The maximum absolute atomic E-state index is 12.1. The standard InChI is InChI=1S/C14H16ClN3O2/c1-2-7-16-13(19)5-6-14(20)18-12-8-11(15)4-3-10(12)9-17-18/h3-4,8-9H,2,5-7H2,1H3,(H,16,19). The Morgan fingerprint density at radius 2 is 2.15 bits per heavy atom. The maximum atomic E-state index is 12.1. The Kier molecular flexibility index (Phi) is 4.74. The van der Waals surface area contributed by atoms with Crippen molar-refractivity contribution in [3.63, 3.8) is 0 Å². The highest BCUT2D eigenvalue weighted by Gasteiger charge is 2.12. The van der Waals surface area contributed by atoms with E-state index in [1.165, 1.54) is 4.68 Å². The normalized spacial score (nSPS) is 10.7. The Morgan fingerprint density at radius 3 is 2.90 bits per heavy atom. The molecule has 1 amide bonds. The summed E-state index contributed by atoms with van der Waals surface area (Å²) >= 11 is 5.92. The summed E-state index contributed by atoms with van der Waals surface area (Å²) in [5.74, 6) is -0.330. The molecule has 1 aromatic carbocycles. The number of hydrogen-bond acceptors (Lipinski definition) is 3. The Bertz CT molecular complexity index is 636. The van der Waals surface area contributed by atoms with Crippen molar-refractivity contribution >= 4 is 34.3 Å². The van der Waals surface area contributed by atoms with E-state index in [9.17, 15) is 9.59 Å². The van der Waals surface area contributed by atoms with Crippen LogP contribution >= 0.6 is 11.6 Å². The summed E-state index contributed by atoms with van der Waals surface area (Å²) in [7, 11) is 0. The predicted molar refractivity (Wildman–Crippen MR) is 77.9 cm³/mol. The number of rotatable bonds is 5. The van der Waals surface area contributed by atoms with Gasteiger partial charge in [-0.05, 0) is 24.6 Å². The molecular weight excluding hydrogens is 278 g/mol. The third kappa shape index (κ3) is 3.36. The molecule has 1 heterocycles. The molecule has 0 atom stereocenters. The zero-order valence-corrected chi connectivity index (χ0v) is 12.0. The van der Waals surface area contributed by atoms with E-state index in [4.69, 9.17) is 11.6 Å². The number of carbonyl (C=O) groups is 2. The van der Waals surface area contributed by atoms with Crippen LogP contribution in [0.1, 0.15) is 31.0 Å². The van der Waals surface area contributed by atoms with E-state index in [1.807, 2.05) is 13.0 Å². The molecule has 2 aromatic rings. The number of aromatic nitrogens is 2. The fraction of sp³-hybridized carbons (Fsp3) is 0.357. The molecule has 2 rings (SSSR count). The summed E-state index contributed by atoms with van der Waals surface area (Å²) in [5.41, 5.74) is 0.663. The zero-order valence-electron chi connectivity index (χ0n) is 11.2. The van der Waals surface area contributed by atoms with Crippen LogP contribution in [-0.2, 0) is 4.79 Å². The van der Waals surface area contributed by atoms with Crippen LogP contribution in [0.3, 0.4) is 0 Å². The largest absolute Gasteiger partial charge is 0.356 e. The number of fused-ring (bicyclic) bond motifs is 1. The van der Waals surface area contributed by atoms with Gasteiger partial charge >= 0.3 is 0 Å². The number of nitrogens with zero attached hydrogens (tertiary/aromatic N) is 2. The smallest absolute Gasteiger partial charge is 0.247 e. The lowest BCUT2D eigenvalue weighted by atomic mass is 10.2. The van der Waals surface area contributed by atoms with Crippen molar-refractivity contribution in [2.75, 3.05) is 6.54 Å². The molecule has 0 spiro atoms. The van der Waals surface area contributed by atoms with E-state index in [0.29, 0.717) is 17.1 Å². The van der Waals surface area contributed by atoms with Crippen molar-refractivity contribution in [3.8, 4) is 0 Å². The van der Waals surface area contributed by atoms with Gasteiger partial charge < -0.3 is 5.32 Å². The van der Waals surface area contributed by atoms with Gasteiger partial charge in [-0.2, -0.15) is 5.10 Å². The Hall–Kier alpha value is -1.88. The van der Waals surface area contributed by atoms with Gasteiger partial charge in [0.1, 0.15) is 0 Å². The van der Waals surface area contributed by atoms with Crippen LogP contribution < -0.4 is 5.32 Å². The molecule has 20 heavy (non-hydrogen) atoms. The van der Waals surface area contributed by atoms with Crippen molar-refractivity contribution in [2.24, 2.45) is 0 Å². The lowest BCUT2D eigenvalue weighted by Crippen LogP contribution is -2.25. The second-order valence-electron chi connectivity index (χ2n) is 4.50. The summed E-state index contributed by atoms with van der Waals surface area (Å²) in [6, 6.07) is 5.25. The third-order valence-electron chi connectivity index (χ3n) is 2.91. The van der Waals surface area contributed by atoms with Crippen LogP contribution in [0.25, 0.3) is 10.9 Å². The van der Waals surface area contributed by atoms with Crippen LogP contribution in [0.4, 0.5) is 0 Å². The quantitative estimate of drug-likeness (QED) is 0.921. The zero-order chi connectivity index (χ0) is 14.5.